The number of aryl methyl sites for hydroxylation is 1. The van der Waals surface area contributed by atoms with Crippen LogP contribution in [-0.4, -0.2) is 35.1 Å². The normalized spacial score (nSPS) is 19.7. The second kappa shape index (κ2) is 4.84. The fourth-order valence-corrected chi connectivity index (χ4v) is 2.27. The number of halogens is 1. The topological polar surface area (TPSA) is 40.5 Å². The number of carbonyl (C=O) groups is 1. The second-order valence-electron chi connectivity index (χ2n) is 4.44. The quantitative estimate of drug-likeness (QED) is 0.851. The van der Waals surface area contributed by atoms with Gasteiger partial charge < -0.3 is 10.0 Å². The summed E-state index contributed by atoms with van der Waals surface area (Å²) in [5, 5.41) is 9.19. The first-order valence-electron chi connectivity index (χ1n) is 5.81. The van der Waals surface area contributed by atoms with Gasteiger partial charge in [0.15, 0.2) is 0 Å². The van der Waals surface area contributed by atoms with Crippen molar-refractivity contribution in [2.45, 2.75) is 25.8 Å². The van der Waals surface area contributed by atoms with E-state index in [1.165, 1.54) is 12.1 Å². The van der Waals surface area contributed by atoms with E-state index < -0.39 is 5.82 Å². The van der Waals surface area contributed by atoms with Gasteiger partial charge in [-0.2, -0.15) is 0 Å². The minimum Gasteiger partial charge on any atom is -0.394 e. The highest BCUT2D eigenvalue weighted by molar-refractivity contribution is 5.96. The summed E-state index contributed by atoms with van der Waals surface area (Å²) in [7, 11) is 0. The van der Waals surface area contributed by atoms with Crippen molar-refractivity contribution in [3.63, 3.8) is 0 Å². The molecule has 0 radical (unpaired) electrons. The van der Waals surface area contributed by atoms with Crippen LogP contribution < -0.4 is 0 Å². The third-order valence-electron chi connectivity index (χ3n) is 3.28. The Kier molecular flexibility index (Phi) is 3.43. The Hall–Kier alpha value is -1.42. The predicted molar refractivity (Wildman–Crippen MR) is 62.3 cm³/mol. The monoisotopic (exact) mass is 237 g/mol. The summed E-state index contributed by atoms with van der Waals surface area (Å²) in [6, 6.07) is 4.10. The highest BCUT2D eigenvalue weighted by Gasteiger charge is 2.29. The van der Waals surface area contributed by atoms with Gasteiger partial charge in [0.1, 0.15) is 5.82 Å². The van der Waals surface area contributed by atoms with Crippen molar-refractivity contribution in [3.05, 3.63) is 35.1 Å². The number of benzene rings is 1. The van der Waals surface area contributed by atoms with Crippen LogP contribution in [0.4, 0.5) is 4.39 Å². The van der Waals surface area contributed by atoms with Crippen LogP contribution in [0.5, 0.6) is 0 Å². The fraction of sp³-hybridized carbons (Fsp3) is 0.462. The largest absolute Gasteiger partial charge is 0.394 e. The summed E-state index contributed by atoms with van der Waals surface area (Å²) < 4.78 is 13.2. The van der Waals surface area contributed by atoms with Gasteiger partial charge >= 0.3 is 0 Å². The van der Waals surface area contributed by atoms with Crippen LogP contribution in [0.3, 0.4) is 0 Å². The molecule has 0 spiro atoms. The molecule has 0 aromatic heterocycles. The molecule has 0 saturated carbocycles. The van der Waals surface area contributed by atoms with Crippen molar-refractivity contribution in [1.29, 1.82) is 0 Å². The number of rotatable bonds is 2. The standard InChI is InChI=1S/C13H16FNO2/c1-9-4-5-10(14)7-12(9)13(17)15-6-2-3-11(15)8-16/h4-5,7,11,16H,2-3,6,8H2,1H3/t11-/m1/s1. The maximum Gasteiger partial charge on any atom is 0.254 e. The smallest absolute Gasteiger partial charge is 0.254 e. The number of amides is 1. The average molecular weight is 237 g/mol. The lowest BCUT2D eigenvalue weighted by atomic mass is 10.1. The van der Waals surface area contributed by atoms with Crippen LogP contribution in [0, 0.1) is 12.7 Å². The van der Waals surface area contributed by atoms with Crippen molar-refractivity contribution < 1.29 is 14.3 Å². The van der Waals surface area contributed by atoms with E-state index in [-0.39, 0.29) is 18.6 Å². The Balaban J connectivity index is 2.27. The number of aliphatic hydroxyl groups is 1. The lowest BCUT2D eigenvalue weighted by molar-refractivity contribution is 0.0676. The fourth-order valence-electron chi connectivity index (χ4n) is 2.27. The average Bonchev–Trinajstić information content (AvgIpc) is 2.79. The van der Waals surface area contributed by atoms with Crippen molar-refractivity contribution >= 4 is 5.91 Å². The molecule has 1 saturated heterocycles. The van der Waals surface area contributed by atoms with Crippen molar-refractivity contribution in [3.8, 4) is 0 Å². The Labute approximate surface area is 99.9 Å². The number of carbonyl (C=O) groups excluding carboxylic acids is 1. The first-order chi connectivity index (χ1) is 8.13. The highest BCUT2D eigenvalue weighted by atomic mass is 19.1. The number of hydrogen-bond donors (Lipinski definition) is 1. The zero-order valence-electron chi connectivity index (χ0n) is 9.82. The molecule has 1 aliphatic rings. The van der Waals surface area contributed by atoms with E-state index in [0.29, 0.717) is 12.1 Å². The van der Waals surface area contributed by atoms with Gasteiger partial charge in [-0.1, -0.05) is 6.07 Å². The molecule has 3 nitrogen and oxygen atoms in total. The van der Waals surface area contributed by atoms with E-state index in [2.05, 4.69) is 0 Å². The summed E-state index contributed by atoms with van der Waals surface area (Å²) in [6.07, 6.45) is 1.71. The van der Waals surface area contributed by atoms with Crippen LogP contribution in [0.1, 0.15) is 28.8 Å². The molecule has 4 heteroatoms. The summed E-state index contributed by atoms with van der Waals surface area (Å²) >= 11 is 0. The van der Waals surface area contributed by atoms with E-state index >= 15 is 0 Å². The minimum atomic E-state index is -0.404. The SMILES string of the molecule is Cc1ccc(F)cc1C(=O)N1CCC[C@@H]1CO. The molecule has 1 fully saturated rings. The number of likely N-dealkylation sites (tertiary alicyclic amines) is 1. The first kappa shape index (κ1) is 12.0. The number of hydrogen-bond acceptors (Lipinski definition) is 2. The predicted octanol–water partition coefficient (Wildman–Crippen LogP) is 1.73. The van der Waals surface area contributed by atoms with E-state index in [9.17, 15) is 14.3 Å². The number of aliphatic hydroxyl groups excluding tert-OH is 1. The van der Waals surface area contributed by atoms with Gasteiger partial charge in [0.05, 0.1) is 12.6 Å². The van der Waals surface area contributed by atoms with Gasteiger partial charge in [0.25, 0.3) is 5.91 Å². The van der Waals surface area contributed by atoms with Crippen LogP contribution in [0.15, 0.2) is 18.2 Å². The molecule has 1 heterocycles. The van der Waals surface area contributed by atoms with Gasteiger partial charge in [-0.05, 0) is 37.5 Å². The van der Waals surface area contributed by atoms with Crippen molar-refractivity contribution in [1.82, 2.24) is 4.90 Å². The lowest BCUT2D eigenvalue weighted by Crippen LogP contribution is -2.38. The zero-order valence-corrected chi connectivity index (χ0v) is 9.82. The lowest BCUT2D eigenvalue weighted by Gasteiger charge is -2.23. The minimum absolute atomic E-state index is 0.0277. The van der Waals surface area contributed by atoms with E-state index in [1.807, 2.05) is 0 Å². The summed E-state index contributed by atoms with van der Waals surface area (Å²) in [5.74, 6) is -0.586. The molecular weight excluding hydrogens is 221 g/mol. The zero-order chi connectivity index (χ0) is 12.4. The molecule has 0 bridgehead atoms. The van der Waals surface area contributed by atoms with Crippen LogP contribution in [-0.2, 0) is 0 Å². The van der Waals surface area contributed by atoms with E-state index in [1.54, 1.807) is 17.9 Å². The Bertz CT molecular complexity index is 433. The Morgan fingerprint density at radius 1 is 1.59 bits per heavy atom. The Morgan fingerprint density at radius 3 is 3.06 bits per heavy atom. The Morgan fingerprint density at radius 2 is 2.35 bits per heavy atom. The maximum absolute atomic E-state index is 13.2. The summed E-state index contributed by atoms with van der Waals surface area (Å²) in [5.41, 5.74) is 1.16. The third kappa shape index (κ3) is 2.31. The van der Waals surface area contributed by atoms with Crippen molar-refractivity contribution in [2.75, 3.05) is 13.2 Å². The molecule has 1 amide bonds. The molecule has 0 unspecified atom stereocenters. The molecule has 1 aliphatic heterocycles. The van der Waals surface area contributed by atoms with Crippen LogP contribution >= 0.6 is 0 Å². The van der Waals surface area contributed by atoms with E-state index in [4.69, 9.17) is 0 Å². The van der Waals surface area contributed by atoms with Gasteiger partial charge in [-0.3, -0.25) is 4.79 Å². The molecular formula is C13H16FNO2. The molecule has 0 aliphatic carbocycles. The molecule has 2 rings (SSSR count). The third-order valence-corrected chi connectivity index (χ3v) is 3.28. The highest BCUT2D eigenvalue weighted by Crippen LogP contribution is 2.21. The van der Waals surface area contributed by atoms with E-state index in [0.717, 1.165) is 18.4 Å². The molecule has 1 aromatic carbocycles. The van der Waals surface area contributed by atoms with Gasteiger partial charge in [0.2, 0.25) is 0 Å². The van der Waals surface area contributed by atoms with Gasteiger partial charge in [-0.15, -0.1) is 0 Å². The maximum atomic E-state index is 13.2. The second-order valence-corrected chi connectivity index (χ2v) is 4.44. The molecule has 92 valence electrons. The summed E-state index contributed by atoms with van der Waals surface area (Å²) in [4.78, 5) is 13.9. The molecule has 1 aromatic rings. The first-order valence-corrected chi connectivity index (χ1v) is 5.81. The molecule has 1 atom stereocenters. The summed E-state index contributed by atoms with van der Waals surface area (Å²) in [6.45, 7) is 2.40. The van der Waals surface area contributed by atoms with Gasteiger partial charge in [-0.25, -0.2) is 4.39 Å². The van der Waals surface area contributed by atoms with Gasteiger partial charge in [0, 0.05) is 12.1 Å². The molecule has 17 heavy (non-hydrogen) atoms. The van der Waals surface area contributed by atoms with Crippen molar-refractivity contribution in [2.24, 2.45) is 0 Å². The van der Waals surface area contributed by atoms with Crippen LogP contribution in [0.2, 0.25) is 0 Å². The number of nitrogens with zero attached hydrogens (tertiary/aromatic N) is 1. The molecule has 1 N–H and O–H groups in total. The van der Waals surface area contributed by atoms with Crippen LogP contribution in [0.25, 0.3) is 0 Å².